The van der Waals surface area contributed by atoms with Crippen molar-refractivity contribution in [1.82, 2.24) is 9.97 Å². The van der Waals surface area contributed by atoms with Gasteiger partial charge in [-0.05, 0) is 56.8 Å². The van der Waals surface area contributed by atoms with Crippen LogP contribution in [0.25, 0.3) is 71.7 Å². The molecule has 3 heteroatoms. The molecule has 1 aromatic heterocycles. The van der Waals surface area contributed by atoms with Gasteiger partial charge in [0.15, 0.2) is 0 Å². The average molecular weight is 627 g/mol. The molecule has 0 bridgehead atoms. The maximum Gasteiger partial charge on any atom is 0.135 e. The molecule has 0 fully saturated rings. The summed E-state index contributed by atoms with van der Waals surface area (Å²) in [5.41, 5.74) is 12.1. The second-order valence-electron chi connectivity index (χ2n) is 12.9. The third-order valence-electron chi connectivity index (χ3n) is 10.1. The molecule has 1 aliphatic heterocycles. The van der Waals surface area contributed by atoms with Crippen molar-refractivity contribution >= 4 is 38.2 Å². The highest BCUT2D eigenvalue weighted by Gasteiger charge is 2.35. The van der Waals surface area contributed by atoms with Gasteiger partial charge in [0.05, 0.1) is 22.9 Å². The first kappa shape index (κ1) is 27.8. The van der Waals surface area contributed by atoms with Gasteiger partial charge in [-0.25, -0.2) is 4.98 Å². The van der Waals surface area contributed by atoms with Gasteiger partial charge < -0.3 is 4.74 Å². The van der Waals surface area contributed by atoms with Gasteiger partial charge >= 0.3 is 0 Å². The Kier molecular flexibility index (Phi) is 6.31. The van der Waals surface area contributed by atoms with Gasteiger partial charge in [0.2, 0.25) is 0 Å². The molecule has 2 unspecified atom stereocenters. The van der Waals surface area contributed by atoms with Crippen LogP contribution in [0, 0.1) is 0 Å². The molecule has 2 atom stereocenters. The molecule has 2 heterocycles. The standard InChI is InChI=1S/C46H30N2O/c1-3-10-29(11-4-1)33-22-24-36-37-25-23-34(30-12-5-2-6-13-30)27-41(37)45-44(40(36)26-33)47-28-42(48-45)32-20-18-31(19-21-32)35-15-9-16-39-38-14-7-8-17-43(38)49-46(35)39/h1-28,35,46H. The van der Waals surface area contributed by atoms with Crippen LogP contribution in [0.5, 0.6) is 5.75 Å². The summed E-state index contributed by atoms with van der Waals surface area (Å²) in [6.07, 6.45) is 8.50. The van der Waals surface area contributed by atoms with E-state index in [9.17, 15) is 0 Å². The summed E-state index contributed by atoms with van der Waals surface area (Å²) >= 11 is 0. The van der Waals surface area contributed by atoms with Gasteiger partial charge in [-0.15, -0.1) is 0 Å². The van der Waals surface area contributed by atoms with Crippen molar-refractivity contribution in [3.05, 3.63) is 181 Å². The van der Waals surface area contributed by atoms with Crippen molar-refractivity contribution in [2.24, 2.45) is 0 Å². The Morgan fingerprint density at radius 3 is 1.82 bits per heavy atom. The first-order valence-corrected chi connectivity index (χ1v) is 16.8. The smallest absolute Gasteiger partial charge is 0.135 e. The van der Waals surface area contributed by atoms with Crippen molar-refractivity contribution in [1.29, 1.82) is 0 Å². The molecule has 49 heavy (non-hydrogen) atoms. The zero-order chi connectivity index (χ0) is 32.3. The van der Waals surface area contributed by atoms with Crippen LogP contribution < -0.4 is 4.74 Å². The zero-order valence-electron chi connectivity index (χ0n) is 26.6. The maximum absolute atomic E-state index is 6.45. The average Bonchev–Trinajstić information content (AvgIpc) is 3.57. The lowest BCUT2D eigenvalue weighted by Gasteiger charge is -2.24. The molecule has 3 nitrogen and oxygen atoms in total. The molecule has 7 aromatic carbocycles. The van der Waals surface area contributed by atoms with E-state index in [2.05, 4.69) is 158 Å². The first-order chi connectivity index (χ1) is 24.3. The van der Waals surface area contributed by atoms with Gasteiger partial charge in [-0.1, -0.05) is 146 Å². The fourth-order valence-electron chi connectivity index (χ4n) is 7.64. The van der Waals surface area contributed by atoms with E-state index in [0.29, 0.717) is 0 Å². The summed E-state index contributed by atoms with van der Waals surface area (Å²) in [4.78, 5) is 10.5. The van der Waals surface area contributed by atoms with E-state index >= 15 is 0 Å². The Labute approximate surface area is 284 Å². The summed E-state index contributed by atoms with van der Waals surface area (Å²) in [6, 6.07) is 51.6. The van der Waals surface area contributed by atoms with E-state index in [1.807, 2.05) is 12.3 Å². The Balaban J connectivity index is 1.10. The quantitative estimate of drug-likeness (QED) is 0.182. The van der Waals surface area contributed by atoms with Crippen LogP contribution in [-0.2, 0) is 0 Å². The number of aromatic nitrogens is 2. The molecule has 0 spiro atoms. The molecule has 0 saturated carbocycles. The summed E-state index contributed by atoms with van der Waals surface area (Å²) in [6.45, 7) is 0. The molecule has 2 aliphatic rings. The molecule has 8 aromatic rings. The first-order valence-electron chi connectivity index (χ1n) is 16.8. The molecular formula is C46H30N2O. The van der Waals surface area contributed by atoms with Crippen molar-refractivity contribution in [2.45, 2.75) is 12.0 Å². The third kappa shape index (κ3) is 4.58. The number of hydrogen-bond acceptors (Lipinski definition) is 3. The molecule has 10 rings (SSSR count). The molecule has 1 aliphatic carbocycles. The SMILES string of the molecule is C1=CC(c2ccc(-c3cnc4c5cc(-c6ccccc6)ccc5c5ccc(-c6ccccc6)cc5c4n3)cc2)C2Oc3ccccc3C2=C1. The minimum atomic E-state index is -0.0204. The number of ether oxygens (including phenoxy) is 1. The normalized spacial score (nSPS) is 16.4. The number of nitrogens with zero attached hydrogens (tertiary/aromatic N) is 2. The molecule has 0 radical (unpaired) electrons. The van der Waals surface area contributed by atoms with Crippen LogP contribution in [-0.4, -0.2) is 16.1 Å². The Morgan fingerprint density at radius 1 is 0.510 bits per heavy atom. The highest BCUT2D eigenvalue weighted by Crippen LogP contribution is 2.45. The van der Waals surface area contributed by atoms with Crippen molar-refractivity contribution < 1.29 is 4.74 Å². The van der Waals surface area contributed by atoms with E-state index in [-0.39, 0.29) is 12.0 Å². The largest absolute Gasteiger partial charge is 0.484 e. The zero-order valence-corrected chi connectivity index (χ0v) is 26.6. The molecule has 0 amide bonds. The predicted molar refractivity (Wildman–Crippen MR) is 202 cm³/mol. The van der Waals surface area contributed by atoms with E-state index < -0.39 is 0 Å². The number of fused-ring (bicyclic) bond motifs is 9. The second kappa shape index (κ2) is 11.1. The van der Waals surface area contributed by atoms with E-state index in [4.69, 9.17) is 14.7 Å². The van der Waals surface area contributed by atoms with Crippen LogP contribution in [0.2, 0.25) is 0 Å². The lowest BCUT2D eigenvalue weighted by Crippen LogP contribution is -2.22. The molecule has 0 N–H and O–H groups in total. The van der Waals surface area contributed by atoms with E-state index in [1.165, 1.54) is 44.2 Å². The van der Waals surface area contributed by atoms with Crippen molar-refractivity contribution in [3.63, 3.8) is 0 Å². The Hall–Kier alpha value is -6.32. The minimum Gasteiger partial charge on any atom is -0.484 e. The maximum atomic E-state index is 6.45. The highest BCUT2D eigenvalue weighted by atomic mass is 16.5. The topological polar surface area (TPSA) is 35.0 Å². The predicted octanol–water partition coefficient (Wildman–Crippen LogP) is 11.4. The number of benzene rings is 7. The van der Waals surface area contributed by atoms with Gasteiger partial charge in [0.25, 0.3) is 0 Å². The molecule has 0 saturated heterocycles. The van der Waals surface area contributed by atoms with Crippen molar-refractivity contribution in [3.8, 4) is 39.3 Å². The van der Waals surface area contributed by atoms with Gasteiger partial charge in [0.1, 0.15) is 11.9 Å². The van der Waals surface area contributed by atoms with Crippen molar-refractivity contribution in [2.75, 3.05) is 0 Å². The third-order valence-corrected chi connectivity index (χ3v) is 10.1. The van der Waals surface area contributed by atoms with E-state index in [1.54, 1.807) is 0 Å². The summed E-state index contributed by atoms with van der Waals surface area (Å²) in [5.74, 6) is 1.09. The van der Waals surface area contributed by atoms with Crippen LogP contribution in [0.4, 0.5) is 0 Å². The lowest BCUT2D eigenvalue weighted by atomic mass is 9.84. The highest BCUT2D eigenvalue weighted by molar-refractivity contribution is 6.24. The number of allylic oxidation sites excluding steroid dienone is 2. The Morgan fingerprint density at radius 2 is 1.12 bits per heavy atom. The summed E-state index contributed by atoms with van der Waals surface area (Å²) in [5, 5.41) is 4.57. The van der Waals surface area contributed by atoms with Crippen LogP contribution in [0.15, 0.2) is 170 Å². The van der Waals surface area contributed by atoms with Gasteiger partial charge in [0, 0.05) is 33.4 Å². The van der Waals surface area contributed by atoms with E-state index in [0.717, 1.165) is 44.4 Å². The minimum absolute atomic E-state index is 0.0204. The monoisotopic (exact) mass is 626 g/mol. The fraction of sp³-hybridized carbons (Fsp3) is 0.0435. The molecular weight excluding hydrogens is 597 g/mol. The Bertz CT molecular complexity index is 2620. The lowest BCUT2D eigenvalue weighted by molar-refractivity contribution is 0.258. The number of hydrogen-bond donors (Lipinski definition) is 0. The fourth-order valence-corrected chi connectivity index (χ4v) is 7.64. The summed E-state index contributed by atoms with van der Waals surface area (Å²) in [7, 11) is 0. The summed E-state index contributed by atoms with van der Waals surface area (Å²) < 4.78 is 6.45. The van der Waals surface area contributed by atoms with Gasteiger partial charge in [-0.2, -0.15) is 0 Å². The van der Waals surface area contributed by atoms with Gasteiger partial charge in [-0.3, -0.25) is 4.98 Å². The number of para-hydroxylation sites is 1. The molecule has 230 valence electrons. The van der Waals surface area contributed by atoms with Crippen LogP contribution in [0.1, 0.15) is 17.0 Å². The van der Waals surface area contributed by atoms with Crippen LogP contribution in [0.3, 0.4) is 0 Å². The van der Waals surface area contributed by atoms with Crippen LogP contribution >= 0.6 is 0 Å². The number of rotatable bonds is 4. The second-order valence-corrected chi connectivity index (χ2v) is 12.9.